The Balaban J connectivity index is 0.00000147. The van der Waals surface area contributed by atoms with Crippen molar-refractivity contribution < 1.29 is 21.9 Å². The van der Waals surface area contributed by atoms with Gasteiger partial charge in [-0.05, 0) is 22.9 Å². The summed E-state index contributed by atoms with van der Waals surface area (Å²) in [5, 5.41) is 2.19. The zero-order valence-electron chi connectivity index (χ0n) is 10.7. The molecule has 0 spiro atoms. The van der Waals surface area contributed by atoms with Gasteiger partial charge in [-0.15, -0.1) is 5.43 Å². The minimum absolute atomic E-state index is 0. The van der Waals surface area contributed by atoms with Gasteiger partial charge in [0.2, 0.25) is 0 Å². The summed E-state index contributed by atoms with van der Waals surface area (Å²) in [7, 11) is 0. The van der Waals surface area contributed by atoms with Crippen LogP contribution in [0.3, 0.4) is 0 Å². The summed E-state index contributed by atoms with van der Waals surface area (Å²) < 4.78 is 1.64. The molecule has 0 saturated heterocycles. The van der Waals surface area contributed by atoms with E-state index < -0.39 is 0 Å². The normalized spacial score (nSPS) is 9.80. The van der Waals surface area contributed by atoms with Gasteiger partial charge in [0.25, 0.3) is 0 Å². The van der Waals surface area contributed by atoms with Gasteiger partial charge >= 0.3 is 5.91 Å². The van der Waals surface area contributed by atoms with E-state index in [1.54, 1.807) is 17.1 Å². The molecule has 1 aromatic heterocycles. The number of nitrogens with one attached hydrogen (secondary N) is 1. The average Bonchev–Trinajstić information content (AvgIpc) is 2.48. The highest BCUT2D eigenvalue weighted by atomic mass is 35.5. The monoisotopic (exact) mass is 284 g/mol. The van der Waals surface area contributed by atoms with Gasteiger partial charge in [0, 0.05) is 17.7 Å². The lowest BCUT2D eigenvalue weighted by Gasteiger charge is -2.02. The first-order valence-corrected chi connectivity index (χ1v) is 6.09. The molecule has 1 N–H and O–H groups in total. The Morgan fingerprint density at radius 1 is 0.850 bits per heavy atom. The number of benzene rings is 2. The van der Waals surface area contributed by atoms with Crippen LogP contribution in [0.15, 0.2) is 73.1 Å². The van der Waals surface area contributed by atoms with Gasteiger partial charge < -0.3 is 12.4 Å². The minimum Gasteiger partial charge on any atom is -1.00 e. The Morgan fingerprint density at radius 3 is 2.30 bits per heavy atom. The molecule has 3 rings (SSSR count). The Labute approximate surface area is 123 Å². The van der Waals surface area contributed by atoms with Crippen LogP contribution in [-0.4, -0.2) is 5.91 Å². The van der Waals surface area contributed by atoms with E-state index in [9.17, 15) is 4.79 Å². The van der Waals surface area contributed by atoms with Gasteiger partial charge in [0.1, 0.15) is 0 Å². The Morgan fingerprint density at radius 2 is 1.55 bits per heavy atom. The third kappa shape index (κ3) is 2.95. The zero-order valence-corrected chi connectivity index (χ0v) is 11.4. The van der Waals surface area contributed by atoms with Crippen LogP contribution in [0.5, 0.6) is 0 Å². The third-order valence-electron chi connectivity index (χ3n) is 2.96. The molecule has 2 aromatic carbocycles. The predicted molar refractivity (Wildman–Crippen MR) is 74.3 cm³/mol. The second kappa shape index (κ2) is 6.17. The SMILES string of the molecule is O=C(N[n+]1ccccc1)c1ccc2ccccc2c1.[Cl-]. The highest BCUT2D eigenvalue weighted by Gasteiger charge is 2.10. The lowest BCUT2D eigenvalue weighted by Crippen LogP contribution is -3.00. The number of aromatic nitrogens is 1. The maximum Gasteiger partial charge on any atom is 0.305 e. The molecule has 0 aliphatic heterocycles. The van der Waals surface area contributed by atoms with Crippen LogP contribution in [0.1, 0.15) is 10.4 Å². The molecule has 3 aromatic rings. The van der Waals surface area contributed by atoms with E-state index in [0.717, 1.165) is 10.8 Å². The van der Waals surface area contributed by atoms with Gasteiger partial charge in [0.05, 0.1) is 0 Å². The summed E-state index contributed by atoms with van der Waals surface area (Å²) >= 11 is 0. The average molecular weight is 285 g/mol. The molecule has 0 aliphatic carbocycles. The first kappa shape index (κ1) is 14.0. The molecule has 0 unspecified atom stereocenters. The fourth-order valence-electron chi connectivity index (χ4n) is 1.99. The summed E-state index contributed by atoms with van der Waals surface area (Å²) in [6, 6.07) is 19.3. The summed E-state index contributed by atoms with van der Waals surface area (Å²) in [5.74, 6) is -0.123. The lowest BCUT2D eigenvalue weighted by atomic mass is 10.1. The van der Waals surface area contributed by atoms with Crippen molar-refractivity contribution in [3.05, 3.63) is 78.6 Å². The fraction of sp³-hybridized carbons (Fsp3) is 0. The highest BCUT2D eigenvalue weighted by Crippen LogP contribution is 2.15. The maximum atomic E-state index is 12.1. The van der Waals surface area contributed by atoms with Crippen molar-refractivity contribution in [2.45, 2.75) is 0 Å². The number of halogens is 1. The molecule has 20 heavy (non-hydrogen) atoms. The largest absolute Gasteiger partial charge is 1.00 e. The number of carbonyl (C=O) groups excluding carboxylic acids is 1. The fourth-order valence-corrected chi connectivity index (χ4v) is 1.99. The number of hydrogen-bond donors (Lipinski definition) is 1. The van der Waals surface area contributed by atoms with Crippen LogP contribution in [-0.2, 0) is 0 Å². The van der Waals surface area contributed by atoms with Crippen molar-refractivity contribution in [3.8, 4) is 0 Å². The molecular weight excluding hydrogens is 272 g/mol. The molecule has 0 saturated carbocycles. The van der Waals surface area contributed by atoms with Gasteiger partial charge in [-0.2, -0.15) is 0 Å². The van der Waals surface area contributed by atoms with Gasteiger partial charge in [-0.3, -0.25) is 4.79 Å². The molecule has 1 heterocycles. The minimum atomic E-state index is -0.123. The summed E-state index contributed by atoms with van der Waals surface area (Å²) in [5.41, 5.74) is 3.45. The molecule has 0 radical (unpaired) electrons. The second-order valence-electron chi connectivity index (χ2n) is 4.29. The van der Waals surface area contributed by atoms with E-state index in [0.29, 0.717) is 5.56 Å². The van der Waals surface area contributed by atoms with Crippen molar-refractivity contribution in [1.29, 1.82) is 0 Å². The third-order valence-corrected chi connectivity index (χ3v) is 2.96. The van der Waals surface area contributed by atoms with Gasteiger partial charge in [-0.25, -0.2) is 0 Å². The van der Waals surface area contributed by atoms with E-state index in [1.807, 2.05) is 60.7 Å². The molecule has 1 amide bonds. The number of amides is 1. The molecule has 0 fully saturated rings. The van der Waals surface area contributed by atoms with Crippen molar-refractivity contribution in [3.63, 3.8) is 0 Å². The molecule has 100 valence electrons. The second-order valence-corrected chi connectivity index (χ2v) is 4.29. The number of hydrogen-bond acceptors (Lipinski definition) is 1. The Kier molecular flexibility index (Phi) is 4.33. The zero-order chi connectivity index (χ0) is 13.1. The van der Waals surface area contributed by atoms with Crippen molar-refractivity contribution >= 4 is 16.7 Å². The molecule has 0 bridgehead atoms. The molecular formula is C16H13ClN2O. The molecule has 0 atom stereocenters. The lowest BCUT2D eigenvalue weighted by molar-refractivity contribution is -0.641. The number of fused-ring (bicyclic) bond motifs is 1. The van der Waals surface area contributed by atoms with Crippen LogP contribution in [0.25, 0.3) is 10.8 Å². The highest BCUT2D eigenvalue weighted by molar-refractivity contribution is 6.02. The van der Waals surface area contributed by atoms with Gasteiger partial charge in [-0.1, -0.05) is 41.1 Å². The smallest absolute Gasteiger partial charge is 0.305 e. The maximum absolute atomic E-state index is 12.1. The van der Waals surface area contributed by atoms with E-state index in [1.165, 1.54) is 0 Å². The van der Waals surface area contributed by atoms with Crippen molar-refractivity contribution in [2.75, 3.05) is 5.43 Å². The van der Waals surface area contributed by atoms with Crippen LogP contribution in [0.4, 0.5) is 0 Å². The number of carbonyl (C=O) groups is 1. The van der Waals surface area contributed by atoms with E-state index in [4.69, 9.17) is 0 Å². The van der Waals surface area contributed by atoms with Crippen LogP contribution in [0.2, 0.25) is 0 Å². The topological polar surface area (TPSA) is 33.0 Å². The number of nitrogens with zero attached hydrogens (tertiary/aromatic N) is 1. The van der Waals surface area contributed by atoms with Crippen LogP contribution >= 0.6 is 0 Å². The quantitative estimate of drug-likeness (QED) is 0.634. The van der Waals surface area contributed by atoms with E-state index in [2.05, 4.69) is 5.43 Å². The van der Waals surface area contributed by atoms with E-state index >= 15 is 0 Å². The summed E-state index contributed by atoms with van der Waals surface area (Å²) in [6.45, 7) is 0. The van der Waals surface area contributed by atoms with Crippen molar-refractivity contribution in [1.82, 2.24) is 0 Å². The van der Waals surface area contributed by atoms with Crippen LogP contribution in [0, 0.1) is 0 Å². The van der Waals surface area contributed by atoms with E-state index in [-0.39, 0.29) is 18.3 Å². The Hall–Kier alpha value is -2.39. The molecule has 4 heteroatoms. The first-order chi connectivity index (χ1) is 9.33. The predicted octanol–water partition coefficient (Wildman–Crippen LogP) is -0.485. The first-order valence-electron chi connectivity index (χ1n) is 6.09. The van der Waals surface area contributed by atoms with Gasteiger partial charge in [0.15, 0.2) is 12.4 Å². The standard InChI is InChI=1S/C16H12N2O.ClH/c19-16(17-18-10-4-1-5-11-18)15-9-8-13-6-2-3-7-14(13)12-15;/h1-12H;1H. The summed E-state index contributed by atoms with van der Waals surface area (Å²) in [4.78, 5) is 12.1. The Bertz CT molecular complexity index is 729. The summed E-state index contributed by atoms with van der Waals surface area (Å²) in [6.07, 6.45) is 3.58. The number of rotatable bonds is 2. The molecule has 0 aliphatic rings. The number of pyridine rings is 1. The molecule has 3 nitrogen and oxygen atoms in total. The van der Waals surface area contributed by atoms with Crippen molar-refractivity contribution in [2.24, 2.45) is 0 Å². The van der Waals surface area contributed by atoms with Crippen LogP contribution < -0.4 is 22.5 Å².